The smallest absolute Gasteiger partial charge is 0.339 e. The number of benzene rings is 1. The maximum absolute atomic E-state index is 12.7. The van der Waals surface area contributed by atoms with Gasteiger partial charge in [0.2, 0.25) is 0 Å². The normalized spacial score (nSPS) is 16.3. The van der Waals surface area contributed by atoms with Crippen LogP contribution in [0.4, 0.5) is 5.69 Å². The van der Waals surface area contributed by atoms with Crippen molar-refractivity contribution in [3.8, 4) is 5.75 Å². The van der Waals surface area contributed by atoms with Crippen molar-refractivity contribution in [2.45, 2.75) is 19.8 Å². The van der Waals surface area contributed by atoms with Crippen LogP contribution in [0.3, 0.4) is 0 Å². The maximum atomic E-state index is 12.7. The SMILES string of the molecule is Cc1nc2cccc(OCC3CCCN(C(=O)c4ccncc4)C3)c2c(N)c1C(=O)O. The molecule has 3 heterocycles. The number of rotatable bonds is 5. The highest BCUT2D eigenvalue weighted by atomic mass is 16.5. The van der Waals surface area contributed by atoms with Crippen molar-refractivity contribution in [3.05, 3.63) is 59.5 Å². The van der Waals surface area contributed by atoms with Gasteiger partial charge >= 0.3 is 5.97 Å². The number of fused-ring (bicyclic) bond motifs is 1. The molecule has 8 nitrogen and oxygen atoms in total. The Balaban J connectivity index is 1.52. The van der Waals surface area contributed by atoms with Gasteiger partial charge in [0.15, 0.2) is 0 Å². The van der Waals surface area contributed by atoms with Crippen LogP contribution in [0.1, 0.15) is 39.3 Å². The third-order valence-electron chi connectivity index (χ3n) is 5.61. The average Bonchev–Trinajstić information content (AvgIpc) is 2.77. The summed E-state index contributed by atoms with van der Waals surface area (Å²) in [5.74, 6) is -0.458. The van der Waals surface area contributed by atoms with Crippen LogP contribution in [0.25, 0.3) is 10.9 Å². The molecule has 3 N–H and O–H groups in total. The van der Waals surface area contributed by atoms with E-state index in [9.17, 15) is 14.7 Å². The highest BCUT2D eigenvalue weighted by Crippen LogP contribution is 2.34. The Labute approximate surface area is 179 Å². The Bertz CT molecular complexity index is 1130. The second kappa shape index (κ2) is 8.59. The number of aromatic nitrogens is 2. The Kier molecular flexibility index (Phi) is 5.70. The predicted octanol–water partition coefficient (Wildman–Crippen LogP) is 3.15. The fourth-order valence-corrected chi connectivity index (χ4v) is 4.10. The monoisotopic (exact) mass is 420 g/mol. The number of aryl methyl sites for hydroxylation is 1. The first kappa shape index (κ1) is 20.6. The van der Waals surface area contributed by atoms with Gasteiger partial charge in [-0.3, -0.25) is 14.8 Å². The van der Waals surface area contributed by atoms with Gasteiger partial charge in [0.05, 0.1) is 28.9 Å². The lowest BCUT2D eigenvalue weighted by atomic mass is 9.98. The molecule has 1 unspecified atom stereocenters. The minimum absolute atomic E-state index is 0.00432. The van der Waals surface area contributed by atoms with Crippen LogP contribution in [0.15, 0.2) is 42.7 Å². The molecule has 0 radical (unpaired) electrons. The number of nitrogens with zero attached hydrogens (tertiary/aromatic N) is 3. The first-order valence-electron chi connectivity index (χ1n) is 10.2. The largest absolute Gasteiger partial charge is 0.492 e. The summed E-state index contributed by atoms with van der Waals surface area (Å²) in [6.07, 6.45) is 5.07. The lowest BCUT2D eigenvalue weighted by Crippen LogP contribution is -2.41. The van der Waals surface area contributed by atoms with Crippen LogP contribution in [-0.4, -0.2) is 51.5 Å². The second-order valence-corrected chi connectivity index (χ2v) is 7.75. The molecule has 1 amide bonds. The third-order valence-corrected chi connectivity index (χ3v) is 5.61. The van der Waals surface area contributed by atoms with Crippen LogP contribution in [-0.2, 0) is 0 Å². The molecule has 1 aromatic carbocycles. The molecule has 3 aromatic rings. The Morgan fingerprint density at radius 3 is 2.77 bits per heavy atom. The maximum Gasteiger partial charge on any atom is 0.339 e. The number of anilines is 1. The molecule has 1 atom stereocenters. The molecule has 0 saturated carbocycles. The van der Waals surface area contributed by atoms with Crippen molar-refractivity contribution >= 4 is 28.5 Å². The van der Waals surface area contributed by atoms with E-state index in [2.05, 4.69) is 9.97 Å². The van der Waals surface area contributed by atoms with E-state index in [1.54, 1.807) is 43.6 Å². The zero-order chi connectivity index (χ0) is 22.0. The highest BCUT2D eigenvalue weighted by molar-refractivity contribution is 6.06. The fraction of sp³-hybridized carbons (Fsp3) is 0.304. The molecular formula is C23H24N4O4. The number of nitrogens with two attached hydrogens (primary N) is 1. The number of aromatic carboxylic acids is 1. The van der Waals surface area contributed by atoms with E-state index in [1.807, 2.05) is 11.0 Å². The number of carboxylic acids is 1. The topological polar surface area (TPSA) is 119 Å². The van der Waals surface area contributed by atoms with Gasteiger partial charge in [-0.2, -0.15) is 0 Å². The number of hydrogen-bond donors (Lipinski definition) is 2. The zero-order valence-corrected chi connectivity index (χ0v) is 17.2. The summed E-state index contributed by atoms with van der Waals surface area (Å²) in [4.78, 5) is 34.6. The van der Waals surface area contributed by atoms with Crippen LogP contribution in [0, 0.1) is 12.8 Å². The number of pyridine rings is 2. The highest BCUT2D eigenvalue weighted by Gasteiger charge is 2.25. The molecule has 8 heteroatoms. The number of ether oxygens (including phenoxy) is 1. The summed E-state index contributed by atoms with van der Waals surface area (Å²) in [5.41, 5.74) is 7.94. The summed E-state index contributed by atoms with van der Waals surface area (Å²) in [5, 5.41) is 10.0. The second-order valence-electron chi connectivity index (χ2n) is 7.75. The standard InChI is InChI=1S/C23H24N4O4/c1-14-19(23(29)30)21(24)20-17(26-14)5-2-6-18(20)31-13-15-4-3-11-27(12-15)22(28)16-7-9-25-10-8-16/h2,5-10,15H,3-4,11-13H2,1H3,(H2,24,26)(H,29,30). The molecule has 1 fully saturated rings. The fourth-order valence-electron chi connectivity index (χ4n) is 4.10. The van der Waals surface area contributed by atoms with E-state index in [0.717, 1.165) is 12.8 Å². The number of hydrogen-bond acceptors (Lipinski definition) is 6. The van der Waals surface area contributed by atoms with Gasteiger partial charge in [0.25, 0.3) is 5.91 Å². The van der Waals surface area contributed by atoms with Crippen LogP contribution < -0.4 is 10.5 Å². The summed E-state index contributed by atoms with van der Waals surface area (Å²) in [6.45, 7) is 3.33. The first-order valence-corrected chi connectivity index (χ1v) is 10.2. The Morgan fingerprint density at radius 1 is 1.26 bits per heavy atom. The third kappa shape index (κ3) is 4.14. The molecular weight excluding hydrogens is 396 g/mol. The van der Waals surface area contributed by atoms with Gasteiger partial charge in [0.1, 0.15) is 11.3 Å². The lowest BCUT2D eigenvalue weighted by molar-refractivity contribution is 0.0633. The van der Waals surface area contributed by atoms with Crippen molar-refractivity contribution in [1.29, 1.82) is 0 Å². The molecule has 31 heavy (non-hydrogen) atoms. The molecule has 0 spiro atoms. The number of carbonyl (C=O) groups excluding carboxylic acids is 1. The van der Waals surface area contributed by atoms with E-state index in [1.165, 1.54) is 0 Å². The van der Waals surface area contributed by atoms with Gasteiger partial charge in [0, 0.05) is 37.0 Å². The molecule has 0 aliphatic carbocycles. The van der Waals surface area contributed by atoms with Crippen LogP contribution in [0.5, 0.6) is 5.75 Å². The Morgan fingerprint density at radius 2 is 2.03 bits per heavy atom. The summed E-state index contributed by atoms with van der Waals surface area (Å²) in [6, 6.07) is 8.80. The number of piperidine rings is 1. The molecule has 1 aliphatic heterocycles. The molecule has 1 aliphatic rings. The van der Waals surface area contributed by atoms with Gasteiger partial charge in [-0.1, -0.05) is 6.07 Å². The van der Waals surface area contributed by atoms with Crippen molar-refractivity contribution in [1.82, 2.24) is 14.9 Å². The minimum atomic E-state index is -1.11. The van der Waals surface area contributed by atoms with Crippen LogP contribution >= 0.6 is 0 Å². The number of amides is 1. The number of carboxylic acid groups (broad SMARTS) is 1. The van der Waals surface area contributed by atoms with Crippen molar-refractivity contribution in [3.63, 3.8) is 0 Å². The lowest BCUT2D eigenvalue weighted by Gasteiger charge is -2.32. The number of likely N-dealkylation sites (tertiary alicyclic amines) is 1. The van der Waals surface area contributed by atoms with Gasteiger partial charge in [-0.25, -0.2) is 4.79 Å². The summed E-state index contributed by atoms with van der Waals surface area (Å²) in [7, 11) is 0. The number of nitrogen functional groups attached to an aromatic ring is 1. The van der Waals surface area contributed by atoms with Gasteiger partial charge in [-0.05, 0) is 44.0 Å². The van der Waals surface area contributed by atoms with Crippen molar-refractivity contribution in [2.75, 3.05) is 25.4 Å². The van der Waals surface area contributed by atoms with E-state index >= 15 is 0 Å². The van der Waals surface area contributed by atoms with Crippen molar-refractivity contribution in [2.24, 2.45) is 5.92 Å². The van der Waals surface area contributed by atoms with Gasteiger partial charge in [-0.15, -0.1) is 0 Å². The molecule has 160 valence electrons. The Hall–Kier alpha value is -3.68. The number of carbonyl (C=O) groups is 2. The van der Waals surface area contributed by atoms with E-state index in [4.69, 9.17) is 10.5 Å². The zero-order valence-electron chi connectivity index (χ0n) is 17.2. The first-order chi connectivity index (χ1) is 15.0. The van der Waals surface area contributed by atoms with E-state index in [0.29, 0.717) is 47.6 Å². The quantitative estimate of drug-likeness (QED) is 0.651. The molecule has 4 rings (SSSR count). The van der Waals surface area contributed by atoms with E-state index < -0.39 is 5.97 Å². The molecule has 2 aromatic heterocycles. The summed E-state index contributed by atoms with van der Waals surface area (Å²) >= 11 is 0. The molecule has 1 saturated heterocycles. The summed E-state index contributed by atoms with van der Waals surface area (Å²) < 4.78 is 6.09. The predicted molar refractivity (Wildman–Crippen MR) is 116 cm³/mol. The molecule has 0 bridgehead atoms. The van der Waals surface area contributed by atoms with Crippen molar-refractivity contribution < 1.29 is 19.4 Å². The van der Waals surface area contributed by atoms with E-state index in [-0.39, 0.29) is 23.1 Å². The minimum Gasteiger partial charge on any atom is -0.492 e. The van der Waals surface area contributed by atoms with Crippen LogP contribution in [0.2, 0.25) is 0 Å². The average molecular weight is 420 g/mol. The van der Waals surface area contributed by atoms with Gasteiger partial charge < -0.3 is 20.5 Å².